The van der Waals surface area contributed by atoms with Crippen molar-refractivity contribution in [2.75, 3.05) is 13.1 Å². The molecule has 1 aromatic carbocycles. The molecular weight excluding hydrogens is 364 g/mol. The maximum atomic E-state index is 12.9. The van der Waals surface area contributed by atoms with Crippen molar-refractivity contribution >= 4 is 5.91 Å². The van der Waals surface area contributed by atoms with Crippen LogP contribution < -0.4 is 5.69 Å². The monoisotopic (exact) mass is 396 g/mol. The molecule has 1 amide bonds. The molecule has 0 radical (unpaired) electrons. The molecule has 29 heavy (non-hydrogen) atoms. The molecule has 0 saturated carbocycles. The van der Waals surface area contributed by atoms with Crippen LogP contribution in [-0.2, 0) is 24.3 Å². The number of fused-ring (bicyclic) bond motifs is 1. The molecule has 1 spiro atoms. The third kappa shape index (κ3) is 4.02. The SMILES string of the molecule is CCC(C)C(=O)N1CCC2(CCc3nn(Cc4ccccc4)c(=O)n3CC2)CC1. The lowest BCUT2D eigenvalue weighted by molar-refractivity contribution is -0.137. The summed E-state index contributed by atoms with van der Waals surface area (Å²) < 4.78 is 3.49. The van der Waals surface area contributed by atoms with Gasteiger partial charge in [0, 0.05) is 32.0 Å². The van der Waals surface area contributed by atoms with Crippen LogP contribution in [0.3, 0.4) is 0 Å². The Morgan fingerprint density at radius 3 is 2.48 bits per heavy atom. The summed E-state index contributed by atoms with van der Waals surface area (Å²) in [5.41, 5.74) is 1.34. The van der Waals surface area contributed by atoms with Gasteiger partial charge in [-0.1, -0.05) is 44.2 Å². The van der Waals surface area contributed by atoms with Crippen molar-refractivity contribution in [2.24, 2.45) is 11.3 Å². The highest BCUT2D eigenvalue weighted by molar-refractivity contribution is 5.78. The summed E-state index contributed by atoms with van der Waals surface area (Å²) >= 11 is 0. The highest BCUT2D eigenvalue weighted by Crippen LogP contribution is 2.41. The van der Waals surface area contributed by atoms with Gasteiger partial charge in [-0.15, -0.1) is 0 Å². The molecule has 0 aliphatic carbocycles. The number of amides is 1. The van der Waals surface area contributed by atoms with E-state index in [2.05, 4.69) is 16.9 Å². The van der Waals surface area contributed by atoms with Crippen molar-refractivity contribution in [2.45, 2.75) is 65.5 Å². The van der Waals surface area contributed by atoms with Gasteiger partial charge in [0.25, 0.3) is 0 Å². The van der Waals surface area contributed by atoms with E-state index in [9.17, 15) is 9.59 Å². The first-order chi connectivity index (χ1) is 14.0. The molecule has 156 valence electrons. The molecule has 4 rings (SSSR count). The number of benzene rings is 1. The van der Waals surface area contributed by atoms with E-state index in [1.165, 1.54) is 0 Å². The van der Waals surface area contributed by atoms with E-state index in [0.29, 0.717) is 12.5 Å². The van der Waals surface area contributed by atoms with E-state index in [1.807, 2.05) is 41.8 Å². The number of carbonyl (C=O) groups excluding carboxylic acids is 1. The van der Waals surface area contributed by atoms with Gasteiger partial charge in [0.05, 0.1) is 6.54 Å². The molecule has 0 bridgehead atoms. The number of hydrogen-bond acceptors (Lipinski definition) is 3. The fraction of sp³-hybridized carbons (Fsp3) is 0.609. The molecule has 1 unspecified atom stereocenters. The molecular formula is C23H32N4O2. The molecule has 1 fully saturated rings. The summed E-state index contributed by atoms with van der Waals surface area (Å²) in [5, 5.41) is 4.66. The third-order valence-electron chi connectivity index (χ3n) is 7.09. The second kappa shape index (κ2) is 8.17. The molecule has 6 nitrogen and oxygen atoms in total. The largest absolute Gasteiger partial charge is 0.346 e. The van der Waals surface area contributed by atoms with Gasteiger partial charge in [-0.3, -0.25) is 9.36 Å². The quantitative estimate of drug-likeness (QED) is 0.798. The predicted molar refractivity (Wildman–Crippen MR) is 113 cm³/mol. The minimum absolute atomic E-state index is 0.00490. The van der Waals surface area contributed by atoms with Gasteiger partial charge in [-0.05, 0) is 43.1 Å². The van der Waals surface area contributed by atoms with Crippen LogP contribution in [0.1, 0.15) is 57.3 Å². The Balaban J connectivity index is 1.42. The van der Waals surface area contributed by atoms with Gasteiger partial charge in [0.15, 0.2) is 0 Å². The van der Waals surface area contributed by atoms with Crippen molar-refractivity contribution < 1.29 is 4.79 Å². The first-order valence-electron chi connectivity index (χ1n) is 11.0. The Morgan fingerprint density at radius 2 is 1.79 bits per heavy atom. The highest BCUT2D eigenvalue weighted by Gasteiger charge is 2.38. The average Bonchev–Trinajstić information content (AvgIpc) is 2.94. The fourth-order valence-corrected chi connectivity index (χ4v) is 4.79. The van der Waals surface area contributed by atoms with E-state index < -0.39 is 0 Å². The zero-order chi connectivity index (χ0) is 20.4. The van der Waals surface area contributed by atoms with E-state index >= 15 is 0 Å². The average molecular weight is 397 g/mol. The van der Waals surface area contributed by atoms with Crippen molar-refractivity contribution in [1.82, 2.24) is 19.2 Å². The number of nitrogens with zero attached hydrogens (tertiary/aromatic N) is 4. The van der Waals surface area contributed by atoms with Crippen molar-refractivity contribution in [1.29, 1.82) is 0 Å². The van der Waals surface area contributed by atoms with Crippen molar-refractivity contribution in [3.63, 3.8) is 0 Å². The number of hydrogen-bond donors (Lipinski definition) is 0. The predicted octanol–water partition coefficient (Wildman–Crippen LogP) is 3.08. The highest BCUT2D eigenvalue weighted by atomic mass is 16.2. The molecule has 0 N–H and O–H groups in total. The first kappa shape index (κ1) is 19.9. The van der Waals surface area contributed by atoms with E-state index in [1.54, 1.807) is 4.68 Å². The van der Waals surface area contributed by atoms with Crippen LogP contribution in [-0.4, -0.2) is 38.2 Å². The lowest BCUT2D eigenvalue weighted by Gasteiger charge is -2.42. The minimum atomic E-state index is 0.00490. The van der Waals surface area contributed by atoms with E-state index in [4.69, 9.17) is 0 Å². The van der Waals surface area contributed by atoms with Crippen LogP contribution in [0.15, 0.2) is 35.1 Å². The van der Waals surface area contributed by atoms with Gasteiger partial charge in [-0.2, -0.15) is 5.10 Å². The van der Waals surface area contributed by atoms with Gasteiger partial charge in [-0.25, -0.2) is 9.48 Å². The van der Waals surface area contributed by atoms with E-state index in [-0.39, 0.29) is 17.0 Å². The lowest BCUT2D eigenvalue weighted by Crippen LogP contribution is -2.45. The van der Waals surface area contributed by atoms with Crippen LogP contribution in [0.5, 0.6) is 0 Å². The molecule has 1 aromatic heterocycles. The Labute approximate surface area is 172 Å². The summed E-state index contributed by atoms with van der Waals surface area (Å²) in [7, 11) is 0. The summed E-state index contributed by atoms with van der Waals surface area (Å²) in [4.78, 5) is 27.5. The van der Waals surface area contributed by atoms with Gasteiger partial charge in [0.1, 0.15) is 5.82 Å². The summed E-state index contributed by atoms with van der Waals surface area (Å²) in [6.07, 6.45) is 5.88. The Kier molecular flexibility index (Phi) is 5.61. The second-order valence-electron chi connectivity index (χ2n) is 8.88. The third-order valence-corrected chi connectivity index (χ3v) is 7.09. The van der Waals surface area contributed by atoms with Gasteiger partial charge >= 0.3 is 5.69 Å². The minimum Gasteiger partial charge on any atom is -0.342 e. The molecule has 2 aliphatic heterocycles. The zero-order valence-electron chi connectivity index (χ0n) is 17.6. The van der Waals surface area contributed by atoms with Crippen LogP contribution in [0.25, 0.3) is 0 Å². The number of aromatic nitrogens is 3. The normalized spacial score (nSPS) is 19.6. The fourth-order valence-electron chi connectivity index (χ4n) is 4.79. The second-order valence-corrected chi connectivity index (χ2v) is 8.88. The topological polar surface area (TPSA) is 60.1 Å². The number of likely N-dealkylation sites (tertiary alicyclic amines) is 1. The van der Waals surface area contributed by atoms with Crippen molar-refractivity contribution in [3.05, 3.63) is 52.2 Å². The maximum absolute atomic E-state index is 12.9. The van der Waals surface area contributed by atoms with Crippen LogP contribution >= 0.6 is 0 Å². The first-order valence-corrected chi connectivity index (χ1v) is 11.0. The summed E-state index contributed by atoms with van der Waals surface area (Å²) in [5.74, 6) is 1.33. The lowest BCUT2D eigenvalue weighted by atomic mass is 9.72. The molecule has 1 atom stereocenters. The summed E-state index contributed by atoms with van der Waals surface area (Å²) in [6, 6.07) is 10.0. The summed E-state index contributed by atoms with van der Waals surface area (Å²) in [6.45, 7) is 7.07. The molecule has 6 heteroatoms. The van der Waals surface area contributed by atoms with Crippen molar-refractivity contribution in [3.8, 4) is 0 Å². The van der Waals surface area contributed by atoms with Gasteiger partial charge < -0.3 is 4.90 Å². The Hall–Kier alpha value is -2.37. The standard InChI is InChI=1S/C23H32N4O2/c1-3-18(2)21(28)25-14-11-23(12-15-25)10-9-20-24-27(22(29)26(20)16-13-23)17-19-7-5-4-6-8-19/h4-8,18H,3,9-17H2,1-2H3. The van der Waals surface area contributed by atoms with Crippen LogP contribution in [0.4, 0.5) is 0 Å². The van der Waals surface area contributed by atoms with Crippen LogP contribution in [0, 0.1) is 11.3 Å². The Morgan fingerprint density at radius 1 is 1.10 bits per heavy atom. The molecule has 2 aromatic rings. The zero-order valence-corrected chi connectivity index (χ0v) is 17.6. The number of piperidine rings is 1. The van der Waals surface area contributed by atoms with E-state index in [0.717, 1.165) is 69.5 Å². The molecule has 1 saturated heterocycles. The number of carbonyl (C=O) groups is 1. The maximum Gasteiger partial charge on any atom is 0.346 e. The smallest absolute Gasteiger partial charge is 0.342 e. The Bertz CT molecular complexity index is 907. The number of aryl methyl sites for hydroxylation is 1. The number of rotatable bonds is 4. The molecule has 2 aliphatic rings. The van der Waals surface area contributed by atoms with Crippen LogP contribution in [0.2, 0.25) is 0 Å². The molecule has 3 heterocycles. The van der Waals surface area contributed by atoms with Gasteiger partial charge in [0.2, 0.25) is 5.91 Å².